The van der Waals surface area contributed by atoms with E-state index in [4.69, 9.17) is 22.2 Å². The van der Waals surface area contributed by atoms with E-state index in [9.17, 15) is 9.90 Å². The van der Waals surface area contributed by atoms with E-state index in [0.717, 1.165) is 11.3 Å². The quantitative estimate of drug-likeness (QED) is 0.469. The Kier molecular flexibility index (Phi) is 3.64. The number of hydrogen-bond acceptors (Lipinski definition) is 5. The van der Waals surface area contributed by atoms with Crippen LogP contribution in [0, 0.1) is 6.92 Å². The van der Waals surface area contributed by atoms with E-state index in [1.54, 1.807) is 0 Å². The number of aliphatic hydroxyl groups is 1. The molecule has 0 aliphatic rings. The van der Waals surface area contributed by atoms with Crippen LogP contribution in [-0.2, 0) is 17.6 Å². The standard InChI is InChI=1S/C23H27N3O2S/c1-16-6-10-18(11-7-16)21(27)5-3-2-4-17-8-12-19(13-9-17)25-22(28)14-20-15-29-23(24)26-20/h6-13,15,21,27H,2-5,14H2,1H3,(H2,24,26)(H,25,28)/t21-/m0/s1/i2D2,6D,7D,8D,9D,10D,11D,12D,13D,14D2. The number of amides is 1. The lowest BCUT2D eigenvalue weighted by molar-refractivity contribution is -0.115. The third-order valence-corrected chi connectivity index (χ3v) is 4.35. The van der Waals surface area contributed by atoms with Gasteiger partial charge in [-0.15, -0.1) is 11.3 Å². The smallest absolute Gasteiger partial charge is 0.230 e. The lowest BCUT2D eigenvalue weighted by atomic mass is 10.0. The molecule has 1 heterocycles. The maximum Gasteiger partial charge on any atom is 0.230 e. The first-order valence-electron chi connectivity index (χ1n) is 14.7. The van der Waals surface area contributed by atoms with Crippen LogP contribution in [0.3, 0.4) is 0 Å². The van der Waals surface area contributed by atoms with Gasteiger partial charge in [0.1, 0.15) is 0 Å². The molecule has 0 saturated carbocycles. The van der Waals surface area contributed by atoms with Crippen LogP contribution in [0.2, 0.25) is 0 Å². The third-order valence-electron chi connectivity index (χ3n) is 3.68. The Morgan fingerprint density at radius 1 is 1.28 bits per heavy atom. The minimum absolute atomic E-state index is 0.0217. The van der Waals surface area contributed by atoms with Crippen molar-refractivity contribution in [3.63, 3.8) is 0 Å². The van der Waals surface area contributed by atoms with Crippen molar-refractivity contribution in [3.8, 4) is 0 Å². The summed E-state index contributed by atoms with van der Waals surface area (Å²) in [5.41, 5.74) is 4.14. The molecule has 1 aromatic heterocycles. The molecule has 3 aromatic rings. The summed E-state index contributed by atoms with van der Waals surface area (Å²) in [6.45, 7) is 1.41. The first kappa shape index (κ1) is 10.4. The van der Waals surface area contributed by atoms with Gasteiger partial charge < -0.3 is 16.2 Å². The van der Waals surface area contributed by atoms with Crippen LogP contribution in [0.1, 0.15) is 64.2 Å². The second-order valence-corrected chi connectivity index (χ2v) is 6.91. The zero-order chi connectivity index (χ0) is 31.2. The average molecular weight is 422 g/mol. The molecule has 0 aliphatic carbocycles. The van der Waals surface area contributed by atoms with E-state index in [2.05, 4.69) is 10.3 Å². The lowest BCUT2D eigenvalue weighted by Gasteiger charge is -2.11. The van der Waals surface area contributed by atoms with Gasteiger partial charge in [-0.25, -0.2) is 4.98 Å². The van der Waals surface area contributed by atoms with Gasteiger partial charge in [0, 0.05) is 16.6 Å². The van der Waals surface area contributed by atoms with Gasteiger partial charge in [0.05, 0.1) is 29.1 Å². The molecule has 6 heteroatoms. The summed E-state index contributed by atoms with van der Waals surface area (Å²) in [6.07, 6.45) is -7.77. The Labute approximate surface area is 192 Å². The van der Waals surface area contributed by atoms with Gasteiger partial charge in [-0.3, -0.25) is 4.79 Å². The number of benzene rings is 2. The van der Waals surface area contributed by atoms with Crippen molar-refractivity contribution < 1.29 is 26.4 Å². The van der Waals surface area contributed by atoms with Gasteiger partial charge in [0.25, 0.3) is 0 Å². The molecule has 5 nitrogen and oxygen atoms in total. The maximum absolute atomic E-state index is 12.7. The molecule has 29 heavy (non-hydrogen) atoms. The number of anilines is 2. The van der Waals surface area contributed by atoms with Crippen molar-refractivity contribution in [3.05, 3.63) is 76.1 Å². The van der Waals surface area contributed by atoms with Crippen LogP contribution in [0.25, 0.3) is 0 Å². The van der Waals surface area contributed by atoms with Crippen LogP contribution in [0.15, 0.2) is 53.7 Å². The van der Waals surface area contributed by atoms with E-state index in [1.165, 1.54) is 12.3 Å². The van der Waals surface area contributed by atoms with E-state index in [-0.39, 0.29) is 46.0 Å². The van der Waals surface area contributed by atoms with E-state index < -0.39 is 79.5 Å². The molecule has 1 atom stereocenters. The topological polar surface area (TPSA) is 88.2 Å². The molecule has 3 rings (SSSR count). The fraction of sp³-hybridized carbons (Fsp3) is 0.304. The molecule has 0 bridgehead atoms. The van der Waals surface area contributed by atoms with E-state index >= 15 is 0 Å². The van der Waals surface area contributed by atoms with Gasteiger partial charge in [0.15, 0.2) is 5.13 Å². The highest BCUT2D eigenvalue weighted by atomic mass is 32.1. The second kappa shape index (κ2) is 10.2. The fourth-order valence-corrected chi connectivity index (χ4v) is 2.74. The normalized spacial score (nSPS) is 18.8. The van der Waals surface area contributed by atoms with Crippen LogP contribution in [0.4, 0.5) is 10.8 Å². The van der Waals surface area contributed by atoms with Crippen molar-refractivity contribution in [2.75, 3.05) is 11.1 Å². The fourth-order valence-electron chi connectivity index (χ4n) is 2.24. The van der Waals surface area contributed by atoms with Crippen molar-refractivity contribution in [1.29, 1.82) is 0 Å². The summed E-state index contributed by atoms with van der Waals surface area (Å²) in [6, 6.07) is -4.24. The van der Waals surface area contributed by atoms with Crippen LogP contribution in [0.5, 0.6) is 0 Å². The third kappa shape index (κ3) is 6.69. The SMILES string of the molecule is [2H]c1c([2H])c([C@@H](O)CCC([2H])([2H])Cc2c([2H])c([2H])c(NC(=O)C([2H])([2H])c3csc(N)n3)c([2H])c2[2H])c([2H])c([2H])c1C. The number of nitrogens with one attached hydrogen (secondary N) is 1. The van der Waals surface area contributed by atoms with Gasteiger partial charge in [-0.1, -0.05) is 48.2 Å². The largest absolute Gasteiger partial charge is 0.388 e. The average Bonchev–Trinajstić information content (AvgIpc) is 3.36. The van der Waals surface area contributed by atoms with Crippen LogP contribution < -0.4 is 11.1 Å². The first-order valence-corrected chi connectivity index (χ1v) is 9.56. The number of nitrogens with zero attached hydrogens (tertiary/aromatic N) is 1. The molecule has 0 aliphatic heterocycles. The number of carbonyl (C=O) groups is 1. The number of nitrogen functional groups attached to an aromatic ring is 1. The minimum Gasteiger partial charge on any atom is -0.388 e. The van der Waals surface area contributed by atoms with Gasteiger partial charge in [-0.05, 0) is 49.4 Å². The Balaban J connectivity index is 1.83. The number of hydrogen-bond donors (Lipinski definition) is 3. The van der Waals surface area contributed by atoms with Gasteiger partial charge >= 0.3 is 0 Å². The monoisotopic (exact) mass is 421 g/mol. The van der Waals surface area contributed by atoms with Crippen LogP contribution >= 0.6 is 11.3 Å². The predicted molar refractivity (Wildman–Crippen MR) is 119 cm³/mol. The molecule has 4 N–H and O–H groups in total. The molecule has 1 amide bonds. The molecule has 2 aromatic carbocycles. The summed E-state index contributed by atoms with van der Waals surface area (Å²) >= 11 is 0.907. The Bertz CT molecular complexity index is 1450. The Morgan fingerprint density at radius 3 is 2.66 bits per heavy atom. The van der Waals surface area contributed by atoms with Crippen LogP contribution in [-0.4, -0.2) is 16.0 Å². The summed E-state index contributed by atoms with van der Waals surface area (Å²) in [5.74, 6) is -1.30. The molecule has 0 saturated heterocycles. The van der Waals surface area contributed by atoms with E-state index in [1.807, 2.05) is 0 Å². The second-order valence-electron chi connectivity index (χ2n) is 6.02. The summed E-state index contributed by atoms with van der Waals surface area (Å²) in [4.78, 5) is 16.4. The molecule has 0 spiro atoms. The summed E-state index contributed by atoms with van der Waals surface area (Å²) < 4.78 is 98.1. The molecule has 152 valence electrons. The molecular weight excluding hydrogens is 382 g/mol. The Hall–Kier alpha value is -2.70. The zero-order valence-corrected chi connectivity index (χ0v) is 16.4. The number of rotatable bonds is 9. The van der Waals surface area contributed by atoms with Crippen molar-refractivity contribution >= 4 is 28.1 Å². The van der Waals surface area contributed by atoms with Gasteiger partial charge in [0.2, 0.25) is 5.91 Å². The highest BCUT2D eigenvalue weighted by Gasteiger charge is 2.08. The first-order chi connectivity index (χ1) is 18.8. The molecule has 0 radical (unpaired) electrons. The summed E-state index contributed by atoms with van der Waals surface area (Å²) in [5, 5.41) is 14.0. The van der Waals surface area contributed by atoms with Crippen molar-refractivity contribution in [2.24, 2.45) is 0 Å². The molecule has 0 fully saturated rings. The number of aromatic nitrogens is 1. The number of thiazole rings is 1. The van der Waals surface area contributed by atoms with Crippen molar-refractivity contribution in [2.45, 2.75) is 45.0 Å². The Morgan fingerprint density at radius 2 is 2.00 bits per heavy atom. The van der Waals surface area contributed by atoms with Crippen molar-refractivity contribution in [1.82, 2.24) is 4.98 Å². The highest BCUT2D eigenvalue weighted by molar-refractivity contribution is 7.13. The maximum atomic E-state index is 12.7. The lowest BCUT2D eigenvalue weighted by Crippen LogP contribution is -2.14. The zero-order valence-electron chi connectivity index (χ0n) is 27.6. The number of carbonyl (C=O) groups excluding carboxylic acids is 1. The molecular formula is C23H27N3O2S. The summed E-state index contributed by atoms with van der Waals surface area (Å²) in [7, 11) is 0. The number of aliphatic hydroxyl groups excluding tert-OH is 1. The van der Waals surface area contributed by atoms with E-state index in [0.29, 0.717) is 0 Å². The molecule has 0 unspecified atom stereocenters. The highest BCUT2D eigenvalue weighted by Crippen LogP contribution is 2.21. The predicted octanol–water partition coefficient (Wildman–Crippen LogP) is 4.66. The van der Waals surface area contributed by atoms with Gasteiger partial charge in [-0.2, -0.15) is 0 Å². The minimum atomic E-state index is -2.70. The number of nitrogens with two attached hydrogens (primary N) is 1.